The highest BCUT2D eigenvalue weighted by atomic mass is 32.1. The van der Waals surface area contributed by atoms with Crippen LogP contribution < -0.4 is 11.1 Å². The van der Waals surface area contributed by atoms with Gasteiger partial charge in [-0.15, -0.1) is 0 Å². The lowest BCUT2D eigenvalue weighted by molar-refractivity contribution is 0.103. The van der Waals surface area contributed by atoms with E-state index in [4.69, 9.17) is 5.73 Å². The summed E-state index contributed by atoms with van der Waals surface area (Å²) in [7, 11) is 0. The molecule has 0 aliphatic carbocycles. The fourth-order valence-corrected chi connectivity index (χ4v) is 2.73. The first-order chi connectivity index (χ1) is 10.1. The van der Waals surface area contributed by atoms with Crippen LogP contribution in [0.2, 0.25) is 0 Å². The van der Waals surface area contributed by atoms with E-state index in [-0.39, 0.29) is 5.91 Å². The van der Waals surface area contributed by atoms with E-state index in [1.54, 1.807) is 13.1 Å². The number of hydrogen-bond acceptors (Lipinski definition) is 5. The standard InChI is InChI=1S/C14H13N5OS/c1-8-12(21-14(15)17-8)13(20)18-10-4-2-3-9(7-10)11-5-6-16-19-11/h2-7H,1H3,(H2,15,17)(H,16,19)(H,18,20). The van der Waals surface area contributed by atoms with Gasteiger partial charge in [0.05, 0.1) is 11.4 Å². The molecule has 0 bridgehead atoms. The largest absolute Gasteiger partial charge is 0.375 e. The van der Waals surface area contributed by atoms with Crippen molar-refractivity contribution in [3.05, 3.63) is 47.1 Å². The topological polar surface area (TPSA) is 96.7 Å². The Morgan fingerprint density at radius 1 is 1.38 bits per heavy atom. The SMILES string of the molecule is Cc1nc(N)sc1C(=O)Nc1cccc(-c2ccn[nH]2)c1. The quantitative estimate of drug-likeness (QED) is 0.692. The number of thiazole rings is 1. The number of nitrogens with one attached hydrogen (secondary N) is 2. The van der Waals surface area contributed by atoms with Crippen LogP contribution in [-0.2, 0) is 0 Å². The lowest BCUT2D eigenvalue weighted by Crippen LogP contribution is -2.11. The molecular weight excluding hydrogens is 286 g/mol. The zero-order valence-corrected chi connectivity index (χ0v) is 12.1. The molecular formula is C14H13N5OS. The summed E-state index contributed by atoms with van der Waals surface area (Å²) in [6, 6.07) is 9.40. The molecule has 106 valence electrons. The summed E-state index contributed by atoms with van der Waals surface area (Å²) in [5, 5.41) is 10.1. The first-order valence-corrected chi connectivity index (χ1v) is 7.09. The van der Waals surface area contributed by atoms with Crippen LogP contribution in [0.3, 0.4) is 0 Å². The van der Waals surface area contributed by atoms with Gasteiger partial charge in [-0.2, -0.15) is 5.10 Å². The Morgan fingerprint density at radius 3 is 2.90 bits per heavy atom. The predicted octanol–water partition coefficient (Wildman–Crippen LogP) is 2.68. The Balaban J connectivity index is 1.84. The van der Waals surface area contributed by atoms with E-state index in [9.17, 15) is 4.79 Å². The maximum absolute atomic E-state index is 12.2. The van der Waals surface area contributed by atoms with E-state index in [2.05, 4.69) is 20.5 Å². The summed E-state index contributed by atoms with van der Waals surface area (Å²) in [5.74, 6) is -0.205. The molecule has 3 rings (SSSR count). The molecule has 1 amide bonds. The molecule has 21 heavy (non-hydrogen) atoms. The molecule has 1 aromatic carbocycles. The number of nitrogen functional groups attached to an aromatic ring is 1. The number of amides is 1. The molecule has 0 saturated heterocycles. The Morgan fingerprint density at radius 2 is 2.24 bits per heavy atom. The van der Waals surface area contributed by atoms with Crippen molar-refractivity contribution in [3.8, 4) is 11.3 Å². The number of H-pyrrole nitrogens is 1. The number of benzene rings is 1. The van der Waals surface area contributed by atoms with Gasteiger partial charge in [-0.1, -0.05) is 23.5 Å². The number of anilines is 2. The normalized spacial score (nSPS) is 10.5. The second-order valence-corrected chi connectivity index (χ2v) is 5.50. The molecule has 0 saturated carbocycles. The van der Waals surface area contributed by atoms with Gasteiger partial charge in [-0.3, -0.25) is 9.89 Å². The molecule has 6 nitrogen and oxygen atoms in total. The number of nitrogens with zero attached hydrogens (tertiary/aromatic N) is 2. The fourth-order valence-electron chi connectivity index (χ4n) is 2.00. The zero-order valence-electron chi connectivity index (χ0n) is 11.3. The van der Waals surface area contributed by atoms with Crippen molar-refractivity contribution in [1.29, 1.82) is 0 Å². The van der Waals surface area contributed by atoms with Crippen LogP contribution >= 0.6 is 11.3 Å². The summed E-state index contributed by atoms with van der Waals surface area (Å²) in [5.41, 5.74) is 8.80. The van der Waals surface area contributed by atoms with Gasteiger partial charge >= 0.3 is 0 Å². The molecule has 4 N–H and O–H groups in total. The summed E-state index contributed by atoms with van der Waals surface area (Å²) in [6.45, 7) is 1.77. The first-order valence-electron chi connectivity index (χ1n) is 6.27. The molecule has 0 atom stereocenters. The van der Waals surface area contributed by atoms with Crippen molar-refractivity contribution >= 4 is 28.1 Å². The molecule has 3 aromatic rings. The van der Waals surface area contributed by atoms with E-state index in [1.165, 1.54) is 11.3 Å². The van der Waals surface area contributed by atoms with Gasteiger partial charge in [0.2, 0.25) is 0 Å². The summed E-state index contributed by atoms with van der Waals surface area (Å²) >= 11 is 1.18. The van der Waals surface area contributed by atoms with Crippen molar-refractivity contribution < 1.29 is 4.79 Å². The fraction of sp³-hybridized carbons (Fsp3) is 0.0714. The zero-order chi connectivity index (χ0) is 14.8. The van der Waals surface area contributed by atoms with E-state index < -0.39 is 0 Å². The summed E-state index contributed by atoms with van der Waals surface area (Å²) < 4.78 is 0. The lowest BCUT2D eigenvalue weighted by atomic mass is 10.1. The van der Waals surface area contributed by atoms with Crippen LogP contribution in [0.1, 0.15) is 15.4 Å². The van der Waals surface area contributed by atoms with Crippen molar-refractivity contribution in [2.24, 2.45) is 0 Å². The minimum Gasteiger partial charge on any atom is -0.375 e. The molecule has 2 aromatic heterocycles. The molecule has 2 heterocycles. The summed E-state index contributed by atoms with van der Waals surface area (Å²) in [6.07, 6.45) is 1.68. The van der Waals surface area contributed by atoms with E-state index in [0.29, 0.717) is 21.4 Å². The minimum absolute atomic E-state index is 0.205. The van der Waals surface area contributed by atoms with Crippen molar-refractivity contribution in [3.63, 3.8) is 0 Å². The number of rotatable bonds is 3. The number of aromatic amines is 1. The number of carbonyl (C=O) groups is 1. The third kappa shape index (κ3) is 2.77. The number of nitrogens with two attached hydrogens (primary N) is 1. The second-order valence-electron chi connectivity index (χ2n) is 4.47. The average molecular weight is 299 g/mol. The molecule has 0 aliphatic rings. The van der Waals surface area contributed by atoms with Crippen molar-refractivity contribution in [1.82, 2.24) is 15.2 Å². The maximum Gasteiger partial charge on any atom is 0.267 e. The van der Waals surface area contributed by atoms with E-state index >= 15 is 0 Å². The average Bonchev–Trinajstić information content (AvgIpc) is 3.08. The molecule has 0 aliphatic heterocycles. The minimum atomic E-state index is -0.205. The van der Waals surface area contributed by atoms with Gasteiger partial charge in [-0.05, 0) is 25.1 Å². The van der Waals surface area contributed by atoms with Gasteiger partial charge in [0.15, 0.2) is 5.13 Å². The summed E-state index contributed by atoms with van der Waals surface area (Å²) in [4.78, 5) is 16.8. The Hall–Kier alpha value is -2.67. The number of aryl methyl sites for hydroxylation is 1. The molecule has 0 spiro atoms. The van der Waals surface area contributed by atoms with Gasteiger partial charge in [-0.25, -0.2) is 4.98 Å². The number of hydrogen-bond donors (Lipinski definition) is 3. The monoisotopic (exact) mass is 299 g/mol. The van der Waals surface area contributed by atoms with Crippen molar-refractivity contribution in [2.45, 2.75) is 6.92 Å². The van der Waals surface area contributed by atoms with E-state index in [1.807, 2.05) is 30.3 Å². The van der Waals surface area contributed by atoms with Crippen LogP contribution in [0.15, 0.2) is 36.5 Å². The highest BCUT2D eigenvalue weighted by Gasteiger charge is 2.14. The Kier molecular flexibility index (Phi) is 3.41. The van der Waals surface area contributed by atoms with Gasteiger partial charge < -0.3 is 11.1 Å². The lowest BCUT2D eigenvalue weighted by Gasteiger charge is -2.06. The van der Waals surface area contributed by atoms with Gasteiger partial charge in [0.1, 0.15) is 4.88 Å². The van der Waals surface area contributed by atoms with Gasteiger partial charge in [0, 0.05) is 17.4 Å². The van der Waals surface area contributed by atoms with Crippen LogP contribution in [0.25, 0.3) is 11.3 Å². The van der Waals surface area contributed by atoms with Crippen LogP contribution in [0, 0.1) is 6.92 Å². The van der Waals surface area contributed by atoms with Gasteiger partial charge in [0.25, 0.3) is 5.91 Å². The number of carbonyl (C=O) groups excluding carboxylic acids is 1. The number of aromatic nitrogens is 3. The Labute approximate surface area is 125 Å². The second kappa shape index (κ2) is 5.37. The highest BCUT2D eigenvalue weighted by Crippen LogP contribution is 2.23. The maximum atomic E-state index is 12.2. The molecule has 0 radical (unpaired) electrons. The first kappa shape index (κ1) is 13.3. The molecule has 7 heteroatoms. The Bertz CT molecular complexity index is 779. The smallest absolute Gasteiger partial charge is 0.267 e. The third-order valence-corrected chi connectivity index (χ3v) is 3.94. The van der Waals surface area contributed by atoms with Crippen LogP contribution in [0.4, 0.5) is 10.8 Å². The molecule has 0 unspecified atom stereocenters. The van der Waals surface area contributed by atoms with Crippen LogP contribution in [-0.4, -0.2) is 21.1 Å². The predicted molar refractivity (Wildman–Crippen MR) is 83.2 cm³/mol. The third-order valence-electron chi connectivity index (χ3n) is 2.95. The van der Waals surface area contributed by atoms with Crippen LogP contribution in [0.5, 0.6) is 0 Å². The molecule has 0 fully saturated rings. The van der Waals surface area contributed by atoms with E-state index in [0.717, 1.165) is 11.3 Å². The highest BCUT2D eigenvalue weighted by molar-refractivity contribution is 7.17. The van der Waals surface area contributed by atoms with Crippen molar-refractivity contribution in [2.75, 3.05) is 11.1 Å².